The first-order valence-corrected chi connectivity index (χ1v) is 13.8. The molecule has 0 aliphatic heterocycles. The Bertz CT molecular complexity index is 767. The lowest BCUT2D eigenvalue weighted by molar-refractivity contribution is -0.165. The van der Waals surface area contributed by atoms with Crippen molar-refractivity contribution in [3.8, 4) is 0 Å². The highest BCUT2D eigenvalue weighted by atomic mass is 32.2. The van der Waals surface area contributed by atoms with E-state index in [1.165, 1.54) is 7.11 Å². The molecule has 0 unspecified atom stereocenters. The van der Waals surface area contributed by atoms with Crippen LogP contribution >= 0.6 is 0 Å². The summed E-state index contributed by atoms with van der Waals surface area (Å²) in [5.74, 6) is -1.19. The van der Waals surface area contributed by atoms with Gasteiger partial charge in [-0.05, 0) is 44.1 Å². The van der Waals surface area contributed by atoms with E-state index in [9.17, 15) is 13.2 Å². The van der Waals surface area contributed by atoms with Crippen molar-refractivity contribution in [3.63, 3.8) is 0 Å². The van der Waals surface area contributed by atoms with Gasteiger partial charge in [0, 0.05) is 5.92 Å². The quantitative estimate of drug-likeness (QED) is 0.418. The monoisotopic (exact) mass is 396 g/mol. The molecule has 5 nitrogen and oxygen atoms in total. The Labute approximate surface area is 157 Å². The van der Waals surface area contributed by atoms with Crippen molar-refractivity contribution in [1.29, 1.82) is 0 Å². The number of hydrogen-bond acceptors (Lipinski definition) is 5. The van der Waals surface area contributed by atoms with Crippen LogP contribution in [-0.2, 0) is 23.8 Å². The van der Waals surface area contributed by atoms with Crippen molar-refractivity contribution in [2.45, 2.75) is 43.5 Å². The number of rotatable bonds is 6. The highest BCUT2D eigenvalue weighted by Gasteiger charge is 2.52. The van der Waals surface area contributed by atoms with Crippen LogP contribution in [0.2, 0.25) is 19.6 Å². The number of hydrogen-bond donors (Lipinski definition) is 0. The van der Waals surface area contributed by atoms with Crippen molar-refractivity contribution >= 4 is 24.1 Å². The van der Waals surface area contributed by atoms with Crippen molar-refractivity contribution in [3.05, 3.63) is 42.5 Å². The first-order chi connectivity index (χ1) is 12.0. The molecule has 1 aliphatic carbocycles. The molecule has 0 N–H and O–H groups in total. The summed E-state index contributed by atoms with van der Waals surface area (Å²) in [7, 11) is -4.40. The molecule has 0 heterocycles. The second-order valence-electron chi connectivity index (χ2n) is 7.86. The topological polar surface area (TPSA) is 69.7 Å². The van der Waals surface area contributed by atoms with Crippen molar-refractivity contribution in [2.24, 2.45) is 11.8 Å². The van der Waals surface area contributed by atoms with Gasteiger partial charge in [0.2, 0.25) is 0 Å². The average Bonchev–Trinajstić information content (AvgIpc) is 2.56. The lowest BCUT2D eigenvalue weighted by atomic mass is 9.76. The summed E-state index contributed by atoms with van der Waals surface area (Å²) in [6.07, 6.45) is 4.18. The number of esters is 1. The van der Waals surface area contributed by atoms with E-state index in [2.05, 4.69) is 0 Å². The first kappa shape index (κ1) is 20.9. The third-order valence-electron chi connectivity index (χ3n) is 4.42. The van der Waals surface area contributed by atoms with E-state index in [0.717, 1.165) is 0 Å². The van der Waals surface area contributed by atoms with Crippen molar-refractivity contribution in [1.82, 2.24) is 0 Å². The van der Waals surface area contributed by atoms with Gasteiger partial charge >= 0.3 is 5.97 Å². The fourth-order valence-corrected chi connectivity index (χ4v) is 6.47. The number of ether oxygens (including phenoxy) is 1. The first-order valence-electron chi connectivity index (χ1n) is 8.75. The minimum atomic E-state index is -3.57. The molecule has 0 bridgehead atoms. The molecule has 0 saturated carbocycles. The third-order valence-corrected chi connectivity index (χ3v) is 7.18. The van der Waals surface area contributed by atoms with Crippen LogP contribution in [0, 0.1) is 11.8 Å². The van der Waals surface area contributed by atoms with Gasteiger partial charge in [-0.2, -0.15) is 0 Å². The molecule has 144 valence electrons. The molecule has 3 atom stereocenters. The Balaban J connectivity index is 2.48. The molecule has 2 rings (SSSR count). The number of methoxy groups -OCH3 is 1. The molecular formula is C19H28O5SSi. The third kappa shape index (κ3) is 4.63. The van der Waals surface area contributed by atoms with E-state index in [4.69, 9.17) is 9.16 Å². The lowest BCUT2D eigenvalue weighted by Crippen LogP contribution is -2.57. The van der Waals surface area contributed by atoms with Gasteiger partial charge in [0.1, 0.15) is 0 Å². The highest BCUT2D eigenvalue weighted by Crippen LogP contribution is 2.40. The molecule has 1 aromatic rings. The number of sulfone groups is 1. The van der Waals surface area contributed by atoms with E-state index in [-0.39, 0.29) is 16.6 Å². The minimum Gasteiger partial charge on any atom is -0.467 e. The zero-order valence-electron chi connectivity index (χ0n) is 16.1. The summed E-state index contributed by atoms with van der Waals surface area (Å²) in [5.41, 5.74) is -1.27. The molecule has 7 heteroatoms. The van der Waals surface area contributed by atoms with Gasteiger partial charge in [-0.3, -0.25) is 0 Å². The summed E-state index contributed by atoms with van der Waals surface area (Å²) in [6, 6.07) is 8.30. The second kappa shape index (κ2) is 7.66. The fourth-order valence-electron chi connectivity index (χ4n) is 3.44. The SMILES string of the molecule is COC(=O)[C@@]1(O[Si](C)(C)C)C[C@@H](C)C=C[C@H]1CS(=O)(=O)c1ccccc1. The van der Waals surface area contributed by atoms with Crippen LogP contribution in [0.25, 0.3) is 0 Å². The van der Waals surface area contributed by atoms with Gasteiger partial charge < -0.3 is 9.16 Å². The standard InChI is InChI=1S/C19H28O5SSi/c1-15-11-12-16(14-25(21,22)17-9-7-6-8-10-17)19(13-15,18(20)23-2)24-26(3,4)5/h6-12,15-16H,13-14H2,1-5H3/t15-,16-,19+/m0/s1. The van der Waals surface area contributed by atoms with E-state index in [0.29, 0.717) is 6.42 Å². The normalized spacial score (nSPS) is 26.5. The molecule has 0 fully saturated rings. The predicted octanol–water partition coefficient (Wildman–Crippen LogP) is 3.44. The maximum atomic E-state index is 12.9. The molecule has 0 spiro atoms. The van der Waals surface area contributed by atoms with E-state index < -0.39 is 35.6 Å². The van der Waals surface area contributed by atoms with Crippen molar-refractivity contribution < 1.29 is 22.4 Å². The van der Waals surface area contributed by atoms with Crippen LogP contribution in [0.3, 0.4) is 0 Å². The fraction of sp³-hybridized carbons (Fsp3) is 0.526. The van der Waals surface area contributed by atoms with Gasteiger partial charge in [0.25, 0.3) is 0 Å². The molecule has 26 heavy (non-hydrogen) atoms. The van der Waals surface area contributed by atoms with E-state index >= 15 is 0 Å². The average molecular weight is 397 g/mol. The molecular weight excluding hydrogens is 368 g/mol. The number of benzene rings is 1. The maximum absolute atomic E-state index is 12.9. The minimum absolute atomic E-state index is 0.0983. The zero-order chi connectivity index (χ0) is 19.6. The van der Waals surface area contributed by atoms with E-state index in [1.807, 2.05) is 38.7 Å². The molecule has 0 radical (unpaired) electrons. The number of carbonyl (C=O) groups is 1. The second-order valence-corrected chi connectivity index (χ2v) is 14.3. The Morgan fingerprint density at radius 3 is 2.35 bits per heavy atom. The molecule has 0 aromatic heterocycles. The summed E-state index contributed by atoms with van der Waals surface area (Å²) < 4.78 is 37.2. The maximum Gasteiger partial charge on any atom is 0.337 e. The molecule has 1 aromatic carbocycles. The van der Waals surface area contributed by atoms with Gasteiger partial charge in [0.15, 0.2) is 23.8 Å². The Hall–Kier alpha value is -1.44. The van der Waals surface area contributed by atoms with Crippen LogP contribution < -0.4 is 0 Å². The summed E-state index contributed by atoms with van der Waals surface area (Å²) in [6.45, 7) is 7.96. The van der Waals surface area contributed by atoms with Crippen LogP contribution in [0.1, 0.15) is 13.3 Å². The lowest BCUT2D eigenvalue weighted by Gasteiger charge is -2.44. The van der Waals surface area contributed by atoms with Crippen LogP contribution in [0.5, 0.6) is 0 Å². The van der Waals surface area contributed by atoms with E-state index in [1.54, 1.807) is 30.3 Å². The predicted molar refractivity (Wildman–Crippen MR) is 104 cm³/mol. The number of allylic oxidation sites excluding steroid dienone is 1. The smallest absolute Gasteiger partial charge is 0.337 e. The summed E-state index contributed by atoms with van der Waals surface area (Å²) in [5, 5.41) is 0. The summed E-state index contributed by atoms with van der Waals surface area (Å²) in [4.78, 5) is 13.0. The largest absolute Gasteiger partial charge is 0.467 e. The zero-order valence-corrected chi connectivity index (χ0v) is 17.9. The van der Waals surface area contributed by atoms with Gasteiger partial charge in [-0.25, -0.2) is 13.2 Å². The van der Waals surface area contributed by atoms with Gasteiger partial charge in [-0.15, -0.1) is 0 Å². The molecule has 0 amide bonds. The Morgan fingerprint density at radius 2 is 1.81 bits per heavy atom. The van der Waals surface area contributed by atoms with Crippen molar-refractivity contribution in [2.75, 3.05) is 12.9 Å². The summed E-state index contributed by atoms with van der Waals surface area (Å²) >= 11 is 0. The van der Waals surface area contributed by atoms with Crippen LogP contribution in [-0.4, -0.2) is 41.2 Å². The highest BCUT2D eigenvalue weighted by molar-refractivity contribution is 7.91. The molecule has 0 saturated heterocycles. The Kier molecular flexibility index (Phi) is 6.15. The van der Waals surface area contributed by atoms with Crippen LogP contribution in [0.4, 0.5) is 0 Å². The van der Waals surface area contributed by atoms with Gasteiger partial charge in [0.05, 0.1) is 17.8 Å². The molecule has 1 aliphatic rings. The van der Waals surface area contributed by atoms with Crippen LogP contribution in [0.15, 0.2) is 47.4 Å². The number of carbonyl (C=O) groups excluding carboxylic acids is 1. The Morgan fingerprint density at radius 1 is 1.19 bits per heavy atom. The van der Waals surface area contributed by atoms with Gasteiger partial charge in [-0.1, -0.05) is 37.3 Å².